The second-order valence-electron chi connectivity index (χ2n) is 3.71. The molecule has 0 amide bonds. The SMILES string of the molecule is CCOC(=O)c1cc2cc(C)ccc2oc1=O. The lowest BCUT2D eigenvalue weighted by molar-refractivity contribution is 0.0522. The number of rotatable bonds is 2. The Labute approximate surface area is 97.8 Å². The summed E-state index contributed by atoms with van der Waals surface area (Å²) >= 11 is 0. The molecule has 17 heavy (non-hydrogen) atoms. The molecule has 0 saturated heterocycles. The zero-order chi connectivity index (χ0) is 12.4. The van der Waals surface area contributed by atoms with Gasteiger partial charge >= 0.3 is 11.6 Å². The quantitative estimate of drug-likeness (QED) is 0.588. The fourth-order valence-electron chi connectivity index (χ4n) is 1.59. The Morgan fingerprint density at radius 3 is 2.82 bits per heavy atom. The van der Waals surface area contributed by atoms with Crippen LogP contribution in [-0.4, -0.2) is 12.6 Å². The maximum Gasteiger partial charge on any atom is 0.351 e. The highest BCUT2D eigenvalue weighted by atomic mass is 16.5. The summed E-state index contributed by atoms with van der Waals surface area (Å²) in [5.74, 6) is -0.648. The summed E-state index contributed by atoms with van der Waals surface area (Å²) in [4.78, 5) is 23.1. The molecule has 4 nitrogen and oxygen atoms in total. The van der Waals surface area contributed by atoms with E-state index < -0.39 is 11.6 Å². The fourth-order valence-corrected chi connectivity index (χ4v) is 1.59. The number of aryl methyl sites for hydroxylation is 1. The van der Waals surface area contributed by atoms with Gasteiger partial charge in [-0.3, -0.25) is 0 Å². The summed E-state index contributed by atoms with van der Waals surface area (Å²) in [6.07, 6.45) is 0. The molecule has 0 radical (unpaired) electrons. The molecule has 0 aliphatic rings. The van der Waals surface area contributed by atoms with Crippen LogP contribution >= 0.6 is 0 Å². The first-order valence-corrected chi connectivity index (χ1v) is 5.33. The minimum absolute atomic E-state index is 0.0649. The van der Waals surface area contributed by atoms with E-state index in [1.165, 1.54) is 6.07 Å². The summed E-state index contributed by atoms with van der Waals surface area (Å²) in [5.41, 5.74) is 0.763. The molecule has 88 valence electrons. The third-order valence-electron chi connectivity index (χ3n) is 2.38. The maximum atomic E-state index is 11.6. The Bertz CT molecular complexity index is 625. The molecular formula is C13H12O4. The van der Waals surface area contributed by atoms with Gasteiger partial charge in [0.15, 0.2) is 0 Å². The van der Waals surface area contributed by atoms with Crippen molar-refractivity contribution in [1.82, 2.24) is 0 Å². The number of carbonyl (C=O) groups excluding carboxylic acids is 1. The van der Waals surface area contributed by atoms with Gasteiger partial charge in [-0.25, -0.2) is 9.59 Å². The van der Waals surface area contributed by atoms with Crippen molar-refractivity contribution in [2.24, 2.45) is 0 Å². The molecule has 0 atom stereocenters. The third-order valence-corrected chi connectivity index (χ3v) is 2.38. The van der Waals surface area contributed by atoms with Crippen molar-refractivity contribution in [3.63, 3.8) is 0 Å². The molecular weight excluding hydrogens is 220 g/mol. The van der Waals surface area contributed by atoms with Crippen LogP contribution in [0.3, 0.4) is 0 Å². The Morgan fingerprint density at radius 2 is 2.12 bits per heavy atom. The standard InChI is InChI=1S/C13H12O4/c1-3-16-12(14)10-7-9-6-8(2)4-5-11(9)17-13(10)15/h4-7H,3H2,1-2H3. The van der Waals surface area contributed by atoms with Crippen molar-refractivity contribution >= 4 is 16.9 Å². The molecule has 0 N–H and O–H groups in total. The van der Waals surface area contributed by atoms with Crippen molar-refractivity contribution in [1.29, 1.82) is 0 Å². The number of carbonyl (C=O) groups is 1. The van der Waals surface area contributed by atoms with Gasteiger partial charge in [-0.1, -0.05) is 11.6 Å². The van der Waals surface area contributed by atoms with Crippen LogP contribution in [0.4, 0.5) is 0 Å². The Hall–Kier alpha value is -2.10. The van der Waals surface area contributed by atoms with E-state index in [1.54, 1.807) is 13.0 Å². The average Bonchev–Trinajstić information content (AvgIpc) is 2.29. The van der Waals surface area contributed by atoms with E-state index in [1.807, 2.05) is 19.1 Å². The second kappa shape index (κ2) is 4.41. The molecule has 0 saturated carbocycles. The van der Waals surface area contributed by atoms with Gasteiger partial charge in [-0.2, -0.15) is 0 Å². The monoisotopic (exact) mass is 232 g/mol. The molecule has 1 aromatic carbocycles. The van der Waals surface area contributed by atoms with Crippen LogP contribution in [0.25, 0.3) is 11.0 Å². The molecule has 0 bridgehead atoms. The highest BCUT2D eigenvalue weighted by Gasteiger charge is 2.14. The molecule has 2 rings (SSSR count). The maximum absolute atomic E-state index is 11.6. The van der Waals surface area contributed by atoms with Gasteiger partial charge in [0.25, 0.3) is 0 Å². The zero-order valence-electron chi connectivity index (χ0n) is 9.65. The van der Waals surface area contributed by atoms with E-state index in [0.29, 0.717) is 11.0 Å². The first kappa shape index (κ1) is 11.4. The van der Waals surface area contributed by atoms with Crippen LogP contribution < -0.4 is 5.63 Å². The van der Waals surface area contributed by atoms with E-state index in [4.69, 9.17) is 9.15 Å². The van der Waals surface area contributed by atoms with E-state index in [2.05, 4.69) is 0 Å². The van der Waals surface area contributed by atoms with E-state index in [-0.39, 0.29) is 12.2 Å². The molecule has 0 fully saturated rings. The molecule has 4 heteroatoms. The highest BCUT2D eigenvalue weighted by Crippen LogP contribution is 2.15. The number of hydrogen-bond donors (Lipinski definition) is 0. The lowest BCUT2D eigenvalue weighted by atomic mass is 10.1. The van der Waals surface area contributed by atoms with Gasteiger partial charge < -0.3 is 9.15 Å². The summed E-state index contributed by atoms with van der Waals surface area (Å²) in [6, 6.07) is 6.91. The molecule has 0 unspecified atom stereocenters. The fraction of sp³-hybridized carbons (Fsp3) is 0.231. The molecule has 0 aliphatic heterocycles. The third kappa shape index (κ3) is 2.20. The molecule has 0 aliphatic carbocycles. The number of hydrogen-bond acceptors (Lipinski definition) is 4. The molecule has 0 spiro atoms. The number of fused-ring (bicyclic) bond motifs is 1. The van der Waals surface area contributed by atoms with Gasteiger partial charge in [0, 0.05) is 5.39 Å². The Balaban J connectivity index is 2.61. The van der Waals surface area contributed by atoms with E-state index >= 15 is 0 Å². The predicted octanol–water partition coefficient (Wildman–Crippen LogP) is 2.28. The molecule has 1 aromatic heterocycles. The van der Waals surface area contributed by atoms with Crippen LogP contribution in [0.5, 0.6) is 0 Å². The number of ether oxygens (including phenoxy) is 1. The van der Waals surface area contributed by atoms with Crippen LogP contribution in [0.1, 0.15) is 22.8 Å². The van der Waals surface area contributed by atoms with Crippen molar-refractivity contribution in [3.8, 4) is 0 Å². The normalized spacial score (nSPS) is 10.5. The van der Waals surface area contributed by atoms with E-state index in [9.17, 15) is 9.59 Å². The number of esters is 1. The van der Waals surface area contributed by atoms with Gasteiger partial charge in [-0.15, -0.1) is 0 Å². The Morgan fingerprint density at radius 1 is 1.35 bits per heavy atom. The summed E-state index contributed by atoms with van der Waals surface area (Å²) in [5, 5.41) is 0.715. The first-order valence-electron chi connectivity index (χ1n) is 5.33. The van der Waals surface area contributed by atoms with Gasteiger partial charge in [0.05, 0.1) is 6.61 Å². The molecule has 1 heterocycles. The van der Waals surface area contributed by atoms with E-state index in [0.717, 1.165) is 5.56 Å². The van der Waals surface area contributed by atoms with Crippen LogP contribution in [0.15, 0.2) is 33.5 Å². The predicted molar refractivity (Wildman–Crippen MR) is 63.2 cm³/mol. The topological polar surface area (TPSA) is 56.5 Å². The van der Waals surface area contributed by atoms with Crippen LogP contribution in [0.2, 0.25) is 0 Å². The lowest BCUT2D eigenvalue weighted by Crippen LogP contribution is -2.16. The summed E-state index contributed by atoms with van der Waals surface area (Å²) < 4.78 is 9.85. The molecule has 2 aromatic rings. The number of benzene rings is 1. The van der Waals surface area contributed by atoms with Gasteiger partial charge in [-0.05, 0) is 32.0 Å². The van der Waals surface area contributed by atoms with Gasteiger partial charge in [0.2, 0.25) is 0 Å². The van der Waals surface area contributed by atoms with Crippen molar-refractivity contribution in [3.05, 3.63) is 45.8 Å². The smallest absolute Gasteiger partial charge is 0.351 e. The minimum atomic E-state index is -0.667. The zero-order valence-corrected chi connectivity index (χ0v) is 9.65. The van der Waals surface area contributed by atoms with Crippen LogP contribution in [0, 0.1) is 6.92 Å². The average molecular weight is 232 g/mol. The van der Waals surface area contributed by atoms with Crippen molar-refractivity contribution in [2.45, 2.75) is 13.8 Å². The summed E-state index contributed by atoms with van der Waals surface area (Å²) in [6.45, 7) is 3.84. The van der Waals surface area contributed by atoms with Gasteiger partial charge in [0.1, 0.15) is 11.1 Å². The summed E-state index contributed by atoms with van der Waals surface area (Å²) in [7, 11) is 0. The largest absolute Gasteiger partial charge is 0.462 e. The van der Waals surface area contributed by atoms with Crippen molar-refractivity contribution < 1.29 is 13.9 Å². The minimum Gasteiger partial charge on any atom is -0.462 e. The highest BCUT2D eigenvalue weighted by molar-refractivity contribution is 5.92. The lowest BCUT2D eigenvalue weighted by Gasteiger charge is -2.02. The van der Waals surface area contributed by atoms with Crippen LogP contribution in [-0.2, 0) is 4.74 Å². The second-order valence-corrected chi connectivity index (χ2v) is 3.71. The Kier molecular flexibility index (Phi) is 2.95. The first-order chi connectivity index (χ1) is 8.11. The van der Waals surface area contributed by atoms with Crippen molar-refractivity contribution in [2.75, 3.05) is 6.61 Å².